The van der Waals surface area contributed by atoms with Crippen molar-refractivity contribution in [2.75, 3.05) is 0 Å². The number of aromatic nitrogens is 2. The van der Waals surface area contributed by atoms with Crippen LogP contribution >= 0.6 is 0 Å². The Morgan fingerprint density at radius 1 is 0.909 bits per heavy atom. The Morgan fingerprint density at radius 2 is 1.55 bits per heavy atom. The molecular formula is C15H10CuN2O4. The largest absolute Gasteiger partial charge is 2.00 e. The predicted molar refractivity (Wildman–Crippen MR) is 71.7 cm³/mol. The van der Waals surface area contributed by atoms with Gasteiger partial charge in [-0.2, -0.15) is 0 Å². The minimum atomic E-state index is -1.63. The first-order valence-corrected chi connectivity index (χ1v) is 6.06. The zero-order chi connectivity index (χ0) is 15.2. The summed E-state index contributed by atoms with van der Waals surface area (Å²) in [5, 5.41) is 20.8. The number of fused-ring (bicyclic) bond motifs is 3. The van der Waals surface area contributed by atoms with Gasteiger partial charge in [0.2, 0.25) is 0 Å². The van der Waals surface area contributed by atoms with E-state index in [1.165, 1.54) is 0 Å². The Labute approximate surface area is 136 Å². The Bertz CT molecular complexity index is 741. The Balaban J connectivity index is 0.000000264. The van der Waals surface area contributed by atoms with Gasteiger partial charge in [-0.25, -0.2) is 0 Å². The number of carbonyl (C=O) groups excluding carboxylic acids is 2. The van der Waals surface area contributed by atoms with Gasteiger partial charge in [0.1, 0.15) is 0 Å². The maximum absolute atomic E-state index is 9.28. The number of pyridine rings is 2. The number of benzene rings is 1. The third kappa shape index (κ3) is 4.51. The first kappa shape index (κ1) is 17.6. The minimum Gasteiger partial charge on any atom is -0.550 e. The quantitative estimate of drug-likeness (QED) is 0.357. The third-order valence-electron chi connectivity index (χ3n) is 2.64. The molecule has 0 atom stereocenters. The second-order valence-corrected chi connectivity index (χ2v) is 4.13. The van der Waals surface area contributed by atoms with E-state index in [2.05, 4.69) is 28.2 Å². The Morgan fingerprint density at radius 3 is 2.18 bits per heavy atom. The molecule has 2 aromatic heterocycles. The summed E-state index contributed by atoms with van der Waals surface area (Å²) in [6.45, 7) is 0. The van der Waals surface area contributed by atoms with E-state index in [4.69, 9.17) is 0 Å². The number of carbonyl (C=O) groups is 2. The van der Waals surface area contributed by atoms with Gasteiger partial charge < -0.3 is 19.8 Å². The Kier molecular flexibility index (Phi) is 6.44. The molecule has 0 unspecified atom stereocenters. The summed E-state index contributed by atoms with van der Waals surface area (Å²) >= 11 is 0. The van der Waals surface area contributed by atoms with E-state index in [1.54, 1.807) is 6.20 Å². The molecule has 0 amide bonds. The van der Waals surface area contributed by atoms with E-state index < -0.39 is 18.4 Å². The van der Waals surface area contributed by atoms with Crippen molar-refractivity contribution in [3.63, 3.8) is 0 Å². The second-order valence-electron chi connectivity index (χ2n) is 4.13. The summed E-state index contributed by atoms with van der Waals surface area (Å²) in [6, 6.07) is 12.1. The van der Waals surface area contributed by atoms with Crippen molar-refractivity contribution in [3.05, 3.63) is 48.8 Å². The molecule has 0 aliphatic carbocycles. The van der Waals surface area contributed by atoms with Crippen molar-refractivity contribution >= 4 is 33.7 Å². The fraction of sp³-hybridized carbons (Fsp3) is 0.0667. The van der Waals surface area contributed by atoms with E-state index in [0.29, 0.717) is 0 Å². The maximum Gasteiger partial charge on any atom is 2.00 e. The molecular weight excluding hydrogens is 336 g/mol. The van der Waals surface area contributed by atoms with Crippen LogP contribution in [0.15, 0.2) is 48.8 Å². The molecule has 0 aliphatic rings. The van der Waals surface area contributed by atoms with Gasteiger partial charge in [0, 0.05) is 41.5 Å². The summed E-state index contributed by atoms with van der Waals surface area (Å²) in [5.74, 6) is -3.25. The van der Waals surface area contributed by atoms with Gasteiger partial charge in [0.25, 0.3) is 0 Å². The zero-order valence-electron chi connectivity index (χ0n) is 11.2. The number of hydrogen-bond acceptors (Lipinski definition) is 6. The summed E-state index contributed by atoms with van der Waals surface area (Å²) in [6.07, 6.45) is 2.59. The van der Waals surface area contributed by atoms with Crippen LogP contribution in [0.1, 0.15) is 6.42 Å². The van der Waals surface area contributed by atoms with Crippen molar-refractivity contribution in [2.45, 2.75) is 6.42 Å². The van der Waals surface area contributed by atoms with Crippen LogP contribution in [0.5, 0.6) is 0 Å². The van der Waals surface area contributed by atoms with Crippen molar-refractivity contribution in [1.29, 1.82) is 0 Å². The molecule has 3 aromatic rings. The number of nitrogens with zero attached hydrogens (tertiary/aromatic N) is 2. The molecule has 22 heavy (non-hydrogen) atoms. The molecule has 3 rings (SSSR count). The molecule has 0 bridgehead atoms. The first-order chi connectivity index (χ1) is 10.1. The van der Waals surface area contributed by atoms with Crippen molar-refractivity contribution in [1.82, 2.24) is 9.97 Å². The number of carboxylic acid groups (broad SMARTS) is 2. The normalized spacial score (nSPS) is 9.45. The molecule has 7 heteroatoms. The third-order valence-corrected chi connectivity index (χ3v) is 2.64. The van der Waals surface area contributed by atoms with Gasteiger partial charge >= 0.3 is 17.1 Å². The SMILES string of the molecule is O=C([O-])CC(=O)[O-].[Cu+2].c1cnc2c(c1)ccc1ncccc12. The topological polar surface area (TPSA) is 106 Å². The van der Waals surface area contributed by atoms with Gasteiger partial charge in [0.05, 0.1) is 11.0 Å². The number of rotatable bonds is 2. The molecule has 2 heterocycles. The molecule has 0 spiro atoms. The standard InChI is InChI=1S/C12H8N2.C3H4O4.Cu/c1-3-9-5-6-11-10(4-2-7-13-11)12(9)14-8-1;4-2(5)1-3(6)7;/h1-8H;1H2,(H,4,5)(H,6,7);/q;;+2/p-2. The fourth-order valence-electron chi connectivity index (χ4n) is 1.81. The summed E-state index contributed by atoms with van der Waals surface area (Å²) < 4.78 is 0. The summed E-state index contributed by atoms with van der Waals surface area (Å²) in [7, 11) is 0. The zero-order valence-corrected chi connectivity index (χ0v) is 12.1. The maximum atomic E-state index is 9.28. The van der Waals surface area contributed by atoms with Crippen LogP contribution in [-0.4, -0.2) is 21.9 Å². The van der Waals surface area contributed by atoms with Crippen LogP contribution in [0.3, 0.4) is 0 Å². The van der Waals surface area contributed by atoms with Crippen LogP contribution in [0.2, 0.25) is 0 Å². The molecule has 1 aromatic carbocycles. The molecule has 0 fully saturated rings. The van der Waals surface area contributed by atoms with Crippen LogP contribution < -0.4 is 10.2 Å². The molecule has 0 aliphatic heterocycles. The molecule has 1 radical (unpaired) electrons. The van der Waals surface area contributed by atoms with Crippen LogP contribution in [-0.2, 0) is 26.7 Å². The number of carboxylic acids is 2. The average molecular weight is 346 g/mol. The molecule has 115 valence electrons. The molecule has 0 saturated heterocycles. The van der Waals surface area contributed by atoms with Gasteiger partial charge in [-0.15, -0.1) is 0 Å². The fourth-order valence-corrected chi connectivity index (χ4v) is 1.81. The van der Waals surface area contributed by atoms with Gasteiger partial charge in [-0.1, -0.05) is 12.1 Å². The van der Waals surface area contributed by atoms with E-state index in [-0.39, 0.29) is 17.1 Å². The van der Waals surface area contributed by atoms with Gasteiger partial charge in [-0.3, -0.25) is 9.97 Å². The molecule has 6 nitrogen and oxygen atoms in total. The van der Waals surface area contributed by atoms with Crippen LogP contribution in [0, 0.1) is 0 Å². The van der Waals surface area contributed by atoms with E-state index in [9.17, 15) is 19.8 Å². The number of aliphatic carboxylic acids is 2. The second kappa shape index (κ2) is 8.07. The minimum absolute atomic E-state index is 0. The molecule has 0 N–H and O–H groups in total. The average Bonchev–Trinajstić information content (AvgIpc) is 2.46. The van der Waals surface area contributed by atoms with E-state index in [0.717, 1.165) is 21.8 Å². The van der Waals surface area contributed by atoms with Gasteiger partial charge in [-0.05, 0) is 24.3 Å². The van der Waals surface area contributed by atoms with Crippen LogP contribution in [0.4, 0.5) is 0 Å². The first-order valence-electron chi connectivity index (χ1n) is 6.06. The van der Waals surface area contributed by atoms with E-state index >= 15 is 0 Å². The van der Waals surface area contributed by atoms with Crippen molar-refractivity contribution in [2.24, 2.45) is 0 Å². The van der Waals surface area contributed by atoms with Gasteiger partial charge in [0.15, 0.2) is 0 Å². The smallest absolute Gasteiger partial charge is 0.550 e. The van der Waals surface area contributed by atoms with Crippen molar-refractivity contribution < 1.29 is 36.9 Å². The van der Waals surface area contributed by atoms with Crippen molar-refractivity contribution in [3.8, 4) is 0 Å². The summed E-state index contributed by atoms with van der Waals surface area (Å²) in [5.41, 5.74) is 2.02. The monoisotopic (exact) mass is 345 g/mol. The predicted octanol–water partition coefficient (Wildman–Crippen LogP) is -0.343. The van der Waals surface area contributed by atoms with E-state index in [1.807, 2.05) is 24.4 Å². The summed E-state index contributed by atoms with van der Waals surface area (Å²) in [4.78, 5) is 27.2. The van der Waals surface area contributed by atoms with Crippen LogP contribution in [0.25, 0.3) is 21.8 Å². The molecule has 0 saturated carbocycles. The number of hydrogen-bond donors (Lipinski definition) is 0. The Hall–Kier alpha value is -2.50.